The average Bonchev–Trinajstić information content (AvgIpc) is 2.50. The molecule has 7 nitrogen and oxygen atoms in total. The minimum atomic E-state index is -3.58. The fourth-order valence-corrected chi connectivity index (χ4v) is 2.60. The molecule has 1 aromatic rings. The van der Waals surface area contributed by atoms with Crippen LogP contribution in [0.1, 0.15) is 23.2 Å². The van der Waals surface area contributed by atoms with Crippen LogP contribution in [-0.4, -0.2) is 52.3 Å². The number of amides is 1. The van der Waals surface area contributed by atoms with Crippen LogP contribution in [0.15, 0.2) is 29.2 Å². The fraction of sp³-hybridized carbons (Fsp3) is 0.429. The first-order chi connectivity index (χ1) is 10.3. The highest BCUT2D eigenvalue weighted by Gasteiger charge is 2.18. The normalized spacial score (nSPS) is 11.3. The van der Waals surface area contributed by atoms with E-state index in [1.54, 1.807) is 0 Å². The van der Waals surface area contributed by atoms with Crippen LogP contribution >= 0.6 is 0 Å². The maximum absolute atomic E-state index is 12.0. The van der Waals surface area contributed by atoms with E-state index in [1.165, 1.54) is 45.5 Å². The maximum Gasteiger partial charge on any atom is 0.305 e. The number of carbonyl (C=O) groups excluding carboxylic acids is 2. The van der Waals surface area contributed by atoms with Gasteiger partial charge in [0.1, 0.15) is 0 Å². The predicted octanol–water partition coefficient (Wildman–Crippen LogP) is 0.620. The summed E-state index contributed by atoms with van der Waals surface area (Å²) in [5, 5.41) is 2.63. The highest BCUT2D eigenvalue weighted by atomic mass is 32.2. The minimum absolute atomic E-state index is 0.0553. The molecule has 0 spiro atoms. The molecule has 0 saturated heterocycles. The van der Waals surface area contributed by atoms with Crippen molar-refractivity contribution in [2.24, 2.45) is 0 Å². The summed E-state index contributed by atoms with van der Waals surface area (Å²) in [6.45, 7) is 0.304. The van der Waals surface area contributed by atoms with Gasteiger partial charge in [0, 0.05) is 32.6 Å². The van der Waals surface area contributed by atoms with Crippen molar-refractivity contribution in [1.29, 1.82) is 0 Å². The number of hydrogen-bond donors (Lipinski definition) is 1. The van der Waals surface area contributed by atoms with Crippen LogP contribution in [0.3, 0.4) is 0 Å². The second-order valence-electron chi connectivity index (χ2n) is 4.75. The van der Waals surface area contributed by atoms with Crippen molar-refractivity contribution in [1.82, 2.24) is 9.62 Å². The lowest BCUT2D eigenvalue weighted by Crippen LogP contribution is -2.26. The molecule has 0 bridgehead atoms. The topological polar surface area (TPSA) is 92.8 Å². The molecule has 0 unspecified atom stereocenters. The van der Waals surface area contributed by atoms with Gasteiger partial charge >= 0.3 is 5.97 Å². The highest BCUT2D eigenvalue weighted by Crippen LogP contribution is 2.14. The molecule has 122 valence electrons. The second-order valence-corrected chi connectivity index (χ2v) is 6.90. The number of nitrogens with one attached hydrogen (secondary N) is 1. The highest BCUT2D eigenvalue weighted by molar-refractivity contribution is 7.89. The third kappa shape index (κ3) is 4.81. The van der Waals surface area contributed by atoms with Gasteiger partial charge in [0.15, 0.2) is 0 Å². The second kappa shape index (κ2) is 7.90. The summed E-state index contributed by atoms with van der Waals surface area (Å²) in [5.41, 5.74) is 0.251. The molecule has 1 amide bonds. The van der Waals surface area contributed by atoms with Crippen molar-refractivity contribution in [2.45, 2.75) is 17.7 Å². The van der Waals surface area contributed by atoms with E-state index in [-0.39, 0.29) is 28.8 Å². The SMILES string of the molecule is COC(=O)CCCNC(=O)c1cccc(S(=O)(=O)N(C)C)c1. The number of rotatable bonds is 7. The van der Waals surface area contributed by atoms with E-state index in [1.807, 2.05) is 0 Å². The van der Waals surface area contributed by atoms with E-state index in [4.69, 9.17) is 0 Å². The molecule has 0 atom stereocenters. The largest absolute Gasteiger partial charge is 0.469 e. The van der Waals surface area contributed by atoms with Crippen LogP contribution in [0.2, 0.25) is 0 Å². The first-order valence-corrected chi connectivity index (χ1v) is 8.10. The summed E-state index contributed by atoms with van der Waals surface area (Å²) in [5.74, 6) is -0.728. The first-order valence-electron chi connectivity index (χ1n) is 6.66. The summed E-state index contributed by atoms with van der Waals surface area (Å²) in [7, 11) is 0.574. The van der Waals surface area contributed by atoms with E-state index in [9.17, 15) is 18.0 Å². The van der Waals surface area contributed by atoms with Gasteiger partial charge in [-0.25, -0.2) is 12.7 Å². The third-order valence-electron chi connectivity index (χ3n) is 2.95. The van der Waals surface area contributed by atoms with Crippen LogP contribution in [0, 0.1) is 0 Å². The van der Waals surface area contributed by atoms with Crippen molar-refractivity contribution in [3.05, 3.63) is 29.8 Å². The monoisotopic (exact) mass is 328 g/mol. The Morgan fingerprint density at radius 3 is 2.55 bits per heavy atom. The molecule has 0 aliphatic heterocycles. The van der Waals surface area contributed by atoms with Gasteiger partial charge in [0.2, 0.25) is 10.0 Å². The van der Waals surface area contributed by atoms with Crippen LogP contribution in [0.25, 0.3) is 0 Å². The molecule has 0 aliphatic rings. The Morgan fingerprint density at radius 2 is 1.95 bits per heavy atom. The zero-order chi connectivity index (χ0) is 16.8. The van der Waals surface area contributed by atoms with Gasteiger partial charge in [-0.05, 0) is 24.6 Å². The van der Waals surface area contributed by atoms with E-state index in [2.05, 4.69) is 10.1 Å². The van der Waals surface area contributed by atoms with Gasteiger partial charge in [-0.2, -0.15) is 0 Å². The Balaban J connectivity index is 2.70. The molecule has 1 N–H and O–H groups in total. The Bertz CT molecular complexity index is 640. The quantitative estimate of drug-likeness (QED) is 0.585. The Labute approximate surface area is 130 Å². The standard InChI is InChI=1S/C14H20N2O5S/c1-16(2)22(19,20)12-7-4-6-11(10-12)14(18)15-9-5-8-13(17)21-3/h4,6-7,10H,5,8-9H2,1-3H3,(H,15,18). The Kier molecular flexibility index (Phi) is 6.51. The number of esters is 1. The zero-order valence-corrected chi connectivity index (χ0v) is 13.6. The maximum atomic E-state index is 12.0. The number of benzene rings is 1. The number of nitrogens with zero attached hydrogens (tertiary/aromatic N) is 1. The van der Waals surface area contributed by atoms with Gasteiger partial charge in [-0.15, -0.1) is 0 Å². The van der Waals surface area contributed by atoms with Crippen LogP contribution in [-0.2, 0) is 19.6 Å². The molecule has 8 heteroatoms. The molecule has 0 heterocycles. The molecule has 0 saturated carbocycles. The molecule has 0 radical (unpaired) electrons. The first kappa shape index (κ1) is 18.1. The van der Waals surface area contributed by atoms with Crippen LogP contribution < -0.4 is 5.32 Å². The van der Waals surface area contributed by atoms with Crippen LogP contribution in [0.5, 0.6) is 0 Å². The van der Waals surface area contributed by atoms with Crippen LogP contribution in [0.4, 0.5) is 0 Å². The molecule has 0 aliphatic carbocycles. The molecule has 0 fully saturated rings. The number of sulfonamides is 1. The van der Waals surface area contributed by atoms with Gasteiger partial charge in [0.25, 0.3) is 5.91 Å². The molecule has 0 aromatic heterocycles. The summed E-state index contributed by atoms with van der Waals surface area (Å²) in [4.78, 5) is 23.0. The molecule has 22 heavy (non-hydrogen) atoms. The Hall–Kier alpha value is -1.93. The predicted molar refractivity (Wildman–Crippen MR) is 80.9 cm³/mol. The number of methoxy groups -OCH3 is 1. The lowest BCUT2D eigenvalue weighted by Gasteiger charge is -2.12. The van der Waals surface area contributed by atoms with Gasteiger partial charge in [0.05, 0.1) is 12.0 Å². The molecular weight excluding hydrogens is 308 g/mol. The van der Waals surface area contributed by atoms with Gasteiger partial charge in [-0.3, -0.25) is 9.59 Å². The summed E-state index contributed by atoms with van der Waals surface area (Å²) in [6, 6.07) is 5.80. The average molecular weight is 328 g/mol. The van der Waals surface area contributed by atoms with Crippen molar-refractivity contribution in [3.8, 4) is 0 Å². The van der Waals surface area contributed by atoms with E-state index >= 15 is 0 Å². The van der Waals surface area contributed by atoms with Crippen molar-refractivity contribution in [3.63, 3.8) is 0 Å². The van der Waals surface area contributed by atoms with E-state index in [0.717, 1.165) is 4.31 Å². The number of hydrogen-bond acceptors (Lipinski definition) is 5. The lowest BCUT2D eigenvalue weighted by atomic mass is 10.2. The Morgan fingerprint density at radius 1 is 1.27 bits per heavy atom. The lowest BCUT2D eigenvalue weighted by molar-refractivity contribution is -0.140. The minimum Gasteiger partial charge on any atom is -0.469 e. The third-order valence-corrected chi connectivity index (χ3v) is 4.76. The summed E-state index contributed by atoms with van der Waals surface area (Å²) in [6.07, 6.45) is 0.667. The summed E-state index contributed by atoms with van der Waals surface area (Å²) >= 11 is 0. The smallest absolute Gasteiger partial charge is 0.305 e. The van der Waals surface area contributed by atoms with Gasteiger partial charge < -0.3 is 10.1 Å². The number of ether oxygens (including phenoxy) is 1. The molecular formula is C14H20N2O5S. The molecule has 1 aromatic carbocycles. The van der Waals surface area contributed by atoms with E-state index in [0.29, 0.717) is 13.0 Å². The number of carbonyl (C=O) groups is 2. The summed E-state index contributed by atoms with van der Waals surface area (Å²) < 4.78 is 29.6. The van der Waals surface area contributed by atoms with Crippen molar-refractivity contribution in [2.75, 3.05) is 27.7 Å². The van der Waals surface area contributed by atoms with Crippen molar-refractivity contribution < 1.29 is 22.7 Å². The molecule has 1 rings (SSSR count). The van der Waals surface area contributed by atoms with Crippen molar-refractivity contribution >= 4 is 21.9 Å². The van der Waals surface area contributed by atoms with E-state index < -0.39 is 10.0 Å². The van der Waals surface area contributed by atoms with Gasteiger partial charge in [-0.1, -0.05) is 6.07 Å². The zero-order valence-electron chi connectivity index (χ0n) is 12.8. The fourth-order valence-electron chi connectivity index (χ4n) is 1.65.